The first-order chi connectivity index (χ1) is 26.4. The van der Waals surface area contributed by atoms with Gasteiger partial charge in [0.05, 0.1) is 29.5 Å². The number of allylic oxidation sites excluding steroid dienone is 3. The molecule has 10 heteroatoms. The first-order valence-electron chi connectivity index (χ1n) is 21.0. The fraction of sp³-hybridized carbons (Fsp3) is 0.622. The molecule has 304 valence electrons. The van der Waals surface area contributed by atoms with Crippen molar-refractivity contribution in [2.75, 3.05) is 6.54 Å². The van der Waals surface area contributed by atoms with Crippen molar-refractivity contribution in [1.29, 1.82) is 0 Å². The predicted octanol–water partition coefficient (Wildman–Crippen LogP) is 7.60. The standard InChI is InChI=1S/C45H67N3O7/c1-3-5-7-10-29-13-14-33(41(52)21-29)11-8-6-9-12-39(44(53)54)40(51)15-17-45(55)28-31(19-30-16-18-47-42(46)22-30)20-35(45)26-36-23-32(4-2)43(48-36)34-24-37(49)27-38(50)25-34/h13-14,16,22-25,27,29,31,33,35,39-41,47-52,55H,3-12,15,17-21,26,28,46H2,1-2H3,(H,53,54). The minimum absolute atomic E-state index is 0.0239. The van der Waals surface area contributed by atoms with Crippen molar-refractivity contribution in [1.82, 2.24) is 10.3 Å². The molecule has 10 N–H and O–H groups in total. The Morgan fingerprint density at radius 1 is 0.964 bits per heavy atom. The highest BCUT2D eigenvalue weighted by molar-refractivity contribution is 5.70. The van der Waals surface area contributed by atoms with Gasteiger partial charge in [0.1, 0.15) is 11.5 Å². The third-order valence-electron chi connectivity index (χ3n) is 12.6. The van der Waals surface area contributed by atoms with Crippen LogP contribution in [0.4, 0.5) is 0 Å². The van der Waals surface area contributed by atoms with Crippen molar-refractivity contribution in [3.8, 4) is 22.8 Å². The van der Waals surface area contributed by atoms with Crippen LogP contribution in [0.2, 0.25) is 0 Å². The zero-order chi connectivity index (χ0) is 39.5. The van der Waals surface area contributed by atoms with Gasteiger partial charge in [0.15, 0.2) is 0 Å². The summed E-state index contributed by atoms with van der Waals surface area (Å²) in [5, 5.41) is 68.0. The molecule has 0 spiro atoms. The number of benzene rings is 1. The number of nitrogens with two attached hydrogens (primary N) is 1. The van der Waals surface area contributed by atoms with Gasteiger partial charge in [-0.3, -0.25) is 4.79 Å². The Balaban J connectivity index is 1.19. The van der Waals surface area contributed by atoms with Crippen LogP contribution >= 0.6 is 0 Å². The number of aliphatic carboxylic acids is 1. The molecule has 5 rings (SSSR count). The number of phenols is 2. The Labute approximate surface area is 327 Å². The molecule has 1 aromatic carbocycles. The lowest BCUT2D eigenvalue weighted by molar-refractivity contribution is -0.146. The summed E-state index contributed by atoms with van der Waals surface area (Å²) in [6.07, 6.45) is 20.3. The Morgan fingerprint density at radius 3 is 2.42 bits per heavy atom. The molecule has 2 aromatic rings. The average molecular weight is 762 g/mol. The summed E-state index contributed by atoms with van der Waals surface area (Å²) in [7, 11) is 0. The van der Waals surface area contributed by atoms with Gasteiger partial charge in [-0.05, 0) is 124 Å². The number of carbonyl (C=O) groups is 1. The molecule has 0 radical (unpaired) electrons. The summed E-state index contributed by atoms with van der Waals surface area (Å²) in [5.74, 6) is -0.677. The maximum Gasteiger partial charge on any atom is 0.309 e. The van der Waals surface area contributed by atoms with Crippen molar-refractivity contribution < 1.29 is 35.4 Å². The van der Waals surface area contributed by atoms with E-state index < -0.39 is 23.6 Å². The first-order valence-corrected chi connectivity index (χ1v) is 21.0. The van der Waals surface area contributed by atoms with E-state index in [9.17, 15) is 35.4 Å². The molecule has 0 amide bonds. The van der Waals surface area contributed by atoms with Crippen LogP contribution in [0.15, 0.2) is 60.0 Å². The quantitative estimate of drug-likeness (QED) is 0.0455. The van der Waals surface area contributed by atoms with E-state index in [1.54, 1.807) is 12.1 Å². The second-order valence-electron chi connectivity index (χ2n) is 16.9. The molecule has 0 saturated heterocycles. The van der Waals surface area contributed by atoms with Crippen LogP contribution < -0.4 is 11.1 Å². The van der Waals surface area contributed by atoms with Gasteiger partial charge in [0.25, 0.3) is 0 Å². The van der Waals surface area contributed by atoms with Gasteiger partial charge in [0.2, 0.25) is 0 Å². The molecule has 2 heterocycles. The molecule has 1 saturated carbocycles. The predicted molar refractivity (Wildman–Crippen MR) is 217 cm³/mol. The highest BCUT2D eigenvalue weighted by atomic mass is 16.4. The van der Waals surface area contributed by atoms with Gasteiger partial charge < -0.3 is 46.7 Å². The number of nitrogens with one attached hydrogen (secondary N) is 2. The van der Waals surface area contributed by atoms with E-state index in [0.717, 1.165) is 73.9 Å². The van der Waals surface area contributed by atoms with Gasteiger partial charge in [-0.25, -0.2) is 0 Å². The van der Waals surface area contributed by atoms with Crippen molar-refractivity contribution in [2.45, 2.75) is 141 Å². The van der Waals surface area contributed by atoms with E-state index in [4.69, 9.17) is 5.73 Å². The van der Waals surface area contributed by atoms with E-state index in [1.165, 1.54) is 25.3 Å². The Hall–Kier alpha value is -3.73. The monoisotopic (exact) mass is 761 g/mol. The van der Waals surface area contributed by atoms with E-state index in [0.29, 0.717) is 49.5 Å². The van der Waals surface area contributed by atoms with Crippen LogP contribution in [0.1, 0.15) is 121 Å². The molecule has 1 fully saturated rings. The lowest BCUT2D eigenvalue weighted by Gasteiger charge is -2.32. The second kappa shape index (κ2) is 19.9. The van der Waals surface area contributed by atoms with Gasteiger partial charge in [-0.1, -0.05) is 70.6 Å². The molecule has 0 bridgehead atoms. The summed E-state index contributed by atoms with van der Waals surface area (Å²) in [6.45, 7) is 4.92. The number of phenolic OH excluding ortho intramolecular Hbond substituents is 2. The molecule has 55 heavy (non-hydrogen) atoms. The lowest BCUT2D eigenvalue weighted by Crippen LogP contribution is -2.37. The molecule has 3 aliphatic rings. The van der Waals surface area contributed by atoms with Crippen molar-refractivity contribution >= 4 is 5.97 Å². The number of H-pyrrole nitrogens is 1. The third-order valence-corrected chi connectivity index (χ3v) is 12.6. The van der Waals surface area contributed by atoms with E-state index in [1.807, 2.05) is 6.08 Å². The van der Waals surface area contributed by atoms with E-state index in [2.05, 4.69) is 48.4 Å². The zero-order valence-corrected chi connectivity index (χ0v) is 33.1. The number of aliphatic hydroxyl groups excluding tert-OH is 2. The Kier molecular flexibility index (Phi) is 15.4. The van der Waals surface area contributed by atoms with E-state index in [-0.39, 0.29) is 48.2 Å². The van der Waals surface area contributed by atoms with Crippen LogP contribution in [0, 0.1) is 29.6 Å². The van der Waals surface area contributed by atoms with Crippen LogP contribution in [0.25, 0.3) is 11.3 Å². The number of aryl methyl sites for hydroxylation is 1. The van der Waals surface area contributed by atoms with Gasteiger partial charge in [-0.2, -0.15) is 0 Å². The van der Waals surface area contributed by atoms with Gasteiger partial charge in [0, 0.05) is 35.5 Å². The second-order valence-corrected chi connectivity index (χ2v) is 16.9. The number of aromatic amines is 1. The fourth-order valence-electron chi connectivity index (χ4n) is 9.55. The van der Waals surface area contributed by atoms with Crippen LogP contribution in [-0.2, 0) is 17.6 Å². The number of aromatic nitrogens is 1. The smallest absolute Gasteiger partial charge is 0.309 e. The molecule has 2 aliphatic carbocycles. The number of hydrogen-bond donors (Lipinski definition) is 9. The largest absolute Gasteiger partial charge is 0.508 e. The molecule has 8 unspecified atom stereocenters. The number of hydrogen-bond acceptors (Lipinski definition) is 8. The molecular weight excluding hydrogens is 695 g/mol. The average Bonchev–Trinajstić information content (AvgIpc) is 3.68. The molecule has 1 aromatic heterocycles. The highest BCUT2D eigenvalue weighted by Gasteiger charge is 2.46. The molecule has 10 nitrogen and oxygen atoms in total. The number of rotatable bonds is 21. The summed E-state index contributed by atoms with van der Waals surface area (Å²) in [5.41, 5.74) is 9.56. The van der Waals surface area contributed by atoms with Crippen LogP contribution in [0.3, 0.4) is 0 Å². The Morgan fingerprint density at radius 2 is 1.73 bits per heavy atom. The summed E-state index contributed by atoms with van der Waals surface area (Å²) < 4.78 is 0. The Bertz CT molecular complexity index is 1630. The third kappa shape index (κ3) is 11.9. The minimum atomic E-state index is -1.11. The number of aliphatic hydroxyl groups is 3. The first kappa shape index (κ1) is 42.4. The minimum Gasteiger partial charge on any atom is -0.508 e. The van der Waals surface area contributed by atoms with Crippen molar-refractivity contribution in [2.24, 2.45) is 35.3 Å². The number of carboxylic acids is 1. The lowest BCUT2D eigenvalue weighted by atomic mass is 9.80. The molecular formula is C45H67N3O7. The van der Waals surface area contributed by atoms with Gasteiger partial charge in [-0.15, -0.1) is 0 Å². The zero-order valence-electron chi connectivity index (χ0n) is 33.1. The molecule has 8 atom stereocenters. The molecule has 1 aliphatic heterocycles. The summed E-state index contributed by atoms with van der Waals surface area (Å²) >= 11 is 0. The maximum absolute atomic E-state index is 12.4. The number of dihydropyridines is 1. The number of unbranched alkanes of at least 4 members (excludes halogenated alkanes) is 4. The maximum atomic E-state index is 12.4. The summed E-state index contributed by atoms with van der Waals surface area (Å²) in [4.78, 5) is 15.9. The topological polar surface area (TPSA) is 192 Å². The highest BCUT2D eigenvalue weighted by Crippen LogP contribution is 2.47. The van der Waals surface area contributed by atoms with Crippen LogP contribution in [-0.4, -0.2) is 65.9 Å². The van der Waals surface area contributed by atoms with E-state index >= 15 is 0 Å². The van der Waals surface area contributed by atoms with Crippen LogP contribution in [0.5, 0.6) is 11.5 Å². The van der Waals surface area contributed by atoms with Gasteiger partial charge >= 0.3 is 5.97 Å². The number of aromatic hydroxyl groups is 2. The summed E-state index contributed by atoms with van der Waals surface area (Å²) in [6, 6.07) is 6.62. The van der Waals surface area contributed by atoms with Crippen molar-refractivity contribution in [3.63, 3.8) is 0 Å². The normalized spacial score (nSPS) is 26.3. The number of carboxylic acid groups (broad SMARTS) is 1. The fourth-order valence-corrected chi connectivity index (χ4v) is 9.55. The SMILES string of the molecule is CCCCCC1C=CC(CCCCCC(C(=O)O)C(O)CCC2(O)CC(CC3=CCNC(N)=C3)CC2Cc2cc(CC)c(-c3cc(O)cc(O)c3)[nH]2)C(O)C1. The van der Waals surface area contributed by atoms with Crippen molar-refractivity contribution in [3.05, 3.63) is 71.2 Å².